The van der Waals surface area contributed by atoms with Gasteiger partial charge >= 0.3 is 0 Å². The van der Waals surface area contributed by atoms with Crippen molar-refractivity contribution in [1.82, 2.24) is 15.5 Å². The van der Waals surface area contributed by atoms with Crippen molar-refractivity contribution in [2.24, 2.45) is 0 Å². The largest absolute Gasteiger partial charge is 0.339 e. The van der Waals surface area contributed by atoms with Crippen molar-refractivity contribution >= 4 is 0 Å². The smallest absolute Gasteiger partial charge is 0.230 e. The van der Waals surface area contributed by atoms with Gasteiger partial charge < -0.3 is 9.84 Å². The maximum atomic E-state index is 5.22. The molecule has 0 bridgehead atoms. The van der Waals surface area contributed by atoms with Gasteiger partial charge in [-0.3, -0.25) is 0 Å². The lowest BCUT2D eigenvalue weighted by Crippen LogP contribution is -2.19. The minimum atomic E-state index is 0.299. The Morgan fingerprint density at radius 1 is 1.40 bits per heavy atom. The maximum absolute atomic E-state index is 5.22. The zero-order valence-electron chi connectivity index (χ0n) is 9.92. The van der Waals surface area contributed by atoms with Crippen molar-refractivity contribution < 1.29 is 4.52 Å². The molecule has 0 spiro atoms. The lowest BCUT2D eigenvalue weighted by Gasteiger charge is -2.05. The molecule has 15 heavy (non-hydrogen) atoms. The maximum Gasteiger partial charge on any atom is 0.230 e. The Hall–Kier alpha value is -0.900. The number of nitrogens with one attached hydrogen (secondary N) is 1. The van der Waals surface area contributed by atoms with Crippen LogP contribution >= 0.6 is 0 Å². The van der Waals surface area contributed by atoms with E-state index >= 15 is 0 Å². The van der Waals surface area contributed by atoms with E-state index in [1.807, 2.05) is 0 Å². The van der Waals surface area contributed by atoms with Gasteiger partial charge in [-0.05, 0) is 13.0 Å². The molecule has 0 aliphatic carbocycles. The van der Waals surface area contributed by atoms with Crippen LogP contribution in [0.2, 0.25) is 0 Å². The summed E-state index contributed by atoms with van der Waals surface area (Å²) in [5.41, 5.74) is 0. The standard InChI is InChI=1S/C11H21N3O/c1-4-6-7-10-13-11(15-14-10)9(3)8-12-5-2/h9,12H,4-8H2,1-3H3. The molecule has 0 radical (unpaired) electrons. The summed E-state index contributed by atoms with van der Waals surface area (Å²) in [5.74, 6) is 1.89. The van der Waals surface area contributed by atoms with Crippen molar-refractivity contribution in [1.29, 1.82) is 0 Å². The summed E-state index contributed by atoms with van der Waals surface area (Å²) in [6.45, 7) is 8.22. The Bertz CT molecular complexity index is 273. The van der Waals surface area contributed by atoms with Gasteiger partial charge in [0.1, 0.15) is 0 Å². The minimum Gasteiger partial charge on any atom is -0.339 e. The molecule has 0 amide bonds. The van der Waals surface area contributed by atoms with Crippen molar-refractivity contribution in [3.05, 3.63) is 11.7 Å². The lowest BCUT2D eigenvalue weighted by atomic mass is 10.2. The molecule has 0 aliphatic rings. The van der Waals surface area contributed by atoms with Gasteiger partial charge in [0.2, 0.25) is 5.89 Å². The van der Waals surface area contributed by atoms with Gasteiger partial charge in [-0.25, -0.2) is 0 Å². The molecular formula is C11H21N3O. The van der Waals surface area contributed by atoms with Gasteiger partial charge in [0, 0.05) is 18.9 Å². The van der Waals surface area contributed by atoms with E-state index < -0.39 is 0 Å². The Balaban J connectivity index is 2.43. The fourth-order valence-corrected chi connectivity index (χ4v) is 1.35. The highest BCUT2D eigenvalue weighted by molar-refractivity contribution is 4.93. The van der Waals surface area contributed by atoms with Crippen LogP contribution in [0.15, 0.2) is 4.52 Å². The van der Waals surface area contributed by atoms with Crippen LogP contribution in [0, 0.1) is 0 Å². The molecule has 4 nitrogen and oxygen atoms in total. The van der Waals surface area contributed by atoms with Crippen LogP contribution in [0.5, 0.6) is 0 Å². The van der Waals surface area contributed by atoms with Crippen LogP contribution in [0.4, 0.5) is 0 Å². The molecule has 4 heteroatoms. The highest BCUT2D eigenvalue weighted by Gasteiger charge is 2.13. The van der Waals surface area contributed by atoms with Crippen LogP contribution in [0.1, 0.15) is 51.2 Å². The van der Waals surface area contributed by atoms with Crippen LogP contribution in [0.3, 0.4) is 0 Å². The van der Waals surface area contributed by atoms with Gasteiger partial charge in [0.15, 0.2) is 5.82 Å². The molecule has 0 saturated heterocycles. The first-order chi connectivity index (χ1) is 7.27. The van der Waals surface area contributed by atoms with Crippen molar-refractivity contribution in [2.75, 3.05) is 13.1 Å². The zero-order chi connectivity index (χ0) is 11.1. The van der Waals surface area contributed by atoms with Gasteiger partial charge in [-0.2, -0.15) is 4.98 Å². The summed E-state index contributed by atoms with van der Waals surface area (Å²) in [6, 6.07) is 0. The summed E-state index contributed by atoms with van der Waals surface area (Å²) in [4.78, 5) is 4.38. The van der Waals surface area contributed by atoms with Crippen LogP contribution in [-0.2, 0) is 6.42 Å². The van der Waals surface area contributed by atoms with Crippen LogP contribution in [0.25, 0.3) is 0 Å². The van der Waals surface area contributed by atoms with E-state index in [4.69, 9.17) is 4.52 Å². The molecule has 0 fully saturated rings. The summed E-state index contributed by atoms with van der Waals surface area (Å²) in [6.07, 6.45) is 3.21. The van der Waals surface area contributed by atoms with E-state index in [1.165, 1.54) is 0 Å². The number of rotatable bonds is 7. The second-order valence-electron chi connectivity index (χ2n) is 3.86. The average Bonchev–Trinajstić information content (AvgIpc) is 2.71. The fourth-order valence-electron chi connectivity index (χ4n) is 1.35. The van der Waals surface area contributed by atoms with Gasteiger partial charge in [0.05, 0.1) is 0 Å². The van der Waals surface area contributed by atoms with Crippen molar-refractivity contribution in [3.8, 4) is 0 Å². The molecule has 1 rings (SSSR count). The molecule has 0 aliphatic heterocycles. The topological polar surface area (TPSA) is 51.0 Å². The third-order valence-corrected chi connectivity index (χ3v) is 2.36. The molecule has 1 heterocycles. The number of hydrogen-bond donors (Lipinski definition) is 1. The van der Waals surface area contributed by atoms with Crippen molar-refractivity contribution in [2.45, 2.75) is 46.0 Å². The van der Waals surface area contributed by atoms with E-state index in [-0.39, 0.29) is 0 Å². The fraction of sp³-hybridized carbons (Fsp3) is 0.818. The first-order valence-electron chi connectivity index (χ1n) is 5.81. The molecule has 86 valence electrons. The molecule has 1 aromatic rings. The summed E-state index contributed by atoms with van der Waals surface area (Å²) in [5, 5.41) is 7.24. The van der Waals surface area contributed by atoms with E-state index in [1.54, 1.807) is 0 Å². The quantitative estimate of drug-likeness (QED) is 0.750. The number of aromatic nitrogens is 2. The number of aryl methyl sites for hydroxylation is 1. The molecule has 1 atom stereocenters. The Kier molecular flexibility index (Phi) is 5.32. The molecule has 0 aromatic carbocycles. The molecule has 1 unspecified atom stereocenters. The normalized spacial score (nSPS) is 13.0. The predicted octanol–water partition coefficient (Wildman–Crippen LogP) is 2.13. The lowest BCUT2D eigenvalue weighted by molar-refractivity contribution is 0.351. The molecule has 1 aromatic heterocycles. The summed E-state index contributed by atoms with van der Waals surface area (Å²) >= 11 is 0. The predicted molar refractivity (Wildman–Crippen MR) is 59.9 cm³/mol. The highest BCUT2D eigenvalue weighted by atomic mass is 16.5. The number of hydrogen-bond acceptors (Lipinski definition) is 4. The number of nitrogens with zero attached hydrogens (tertiary/aromatic N) is 2. The third-order valence-electron chi connectivity index (χ3n) is 2.36. The average molecular weight is 211 g/mol. The van der Waals surface area contributed by atoms with Crippen molar-refractivity contribution in [3.63, 3.8) is 0 Å². The van der Waals surface area contributed by atoms with Gasteiger partial charge in [0.25, 0.3) is 0 Å². The van der Waals surface area contributed by atoms with E-state index in [0.29, 0.717) is 5.92 Å². The number of unbranched alkanes of at least 4 members (excludes halogenated alkanes) is 1. The Morgan fingerprint density at radius 2 is 2.20 bits per heavy atom. The monoisotopic (exact) mass is 211 g/mol. The van der Waals surface area contributed by atoms with Gasteiger partial charge in [-0.1, -0.05) is 32.3 Å². The molecule has 0 saturated carbocycles. The van der Waals surface area contributed by atoms with E-state index in [2.05, 4.69) is 36.2 Å². The summed E-state index contributed by atoms with van der Waals surface area (Å²) < 4.78 is 5.22. The molecule has 1 N–H and O–H groups in total. The van der Waals surface area contributed by atoms with E-state index in [0.717, 1.165) is 44.1 Å². The summed E-state index contributed by atoms with van der Waals surface area (Å²) in [7, 11) is 0. The second kappa shape index (κ2) is 6.56. The Labute approximate surface area is 91.5 Å². The van der Waals surface area contributed by atoms with Gasteiger partial charge in [-0.15, -0.1) is 0 Å². The third kappa shape index (κ3) is 4.00. The van der Waals surface area contributed by atoms with Crippen LogP contribution < -0.4 is 5.32 Å². The Morgan fingerprint density at radius 3 is 2.87 bits per heavy atom. The minimum absolute atomic E-state index is 0.299. The second-order valence-corrected chi connectivity index (χ2v) is 3.86. The molecular weight excluding hydrogens is 190 g/mol. The highest BCUT2D eigenvalue weighted by Crippen LogP contribution is 2.12. The first-order valence-corrected chi connectivity index (χ1v) is 5.81. The number of likely N-dealkylation sites (N-methyl/N-ethyl adjacent to an activating group) is 1. The SMILES string of the molecule is CCCCc1noc(C(C)CNCC)n1. The van der Waals surface area contributed by atoms with E-state index in [9.17, 15) is 0 Å². The van der Waals surface area contributed by atoms with Crippen LogP contribution in [-0.4, -0.2) is 23.2 Å². The first kappa shape index (κ1) is 12.2. The zero-order valence-corrected chi connectivity index (χ0v) is 9.92.